The molecule has 0 spiro atoms. The first-order chi connectivity index (χ1) is 9.12. The molecule has 20 heavy (non-hydrogen) atoms. The van der Waals surface area contributed by atoms with Gasteiger partial charge >= 0.3 is 0 Å². The number of rotatable bonds is 4. The van der Waals surface area contributed by atoms with Crippen molar-refractivity contribution in [3.63, 3.8) is 0 Å². The molecule has 2 atom stereocenters. The van der Waals surface area contributed by atoms with Crippen LogP contribution in [0.5, 0.6) is 0 Å². The number of nitrogens with two attached hydrogens (primary N) is 1. The molecule has 0 unspecified atom stereocenters. The molecule has 0 bridgehead atoms. The van der Waals surface area contributed by atoms with Crippen LogP contribution in [0, 0.1) is 17.3 Å². The first-order valence-corrected chi connectivity index (χ1v) is 7.66. The Balaban J connectivity index is 2.50. The third kappa shape index (κ3) is 4.58. The minimum Gasteiger partial charge on any atom is -0.341 e. The van der Waals surface area contributed by atoms with E-state index in [1.165, 1.54) is 6.92 Å². The van der Waals surface area contributed by atoms with Gasteiger partial charge in [0.1, 0.15) is 5.78 Å². The van der Waals surface area contributed by atoms with E-state index in [-0.39, 0.29) is 18.1 Å². The first kappa shape index (κ1) is 17.2. The fourth-order valence-corrected chi connectivity index (χ4v) is 2.96. The van der Waals surface area contributed by atoms with Crippen molar-refractivity contribution in [2.45, 2.75) is 59.9 Å². The van der Waals surface area contributed by atoms with Crippen molar-refractivity contribution in [3.05, 3.63) is 0 Å². The predicted octanol–water partition coefficient (Wildman–Crippen LogP) is 2.21. The highest BCUT2D eigenvalue weighted by Crippen LogP contribution is 2.37. The fourth-order valence-electron chi connectivity index (χ4n) is 2.96. The predicted molar refractivity (Wildman–Crippen MR) is 81.2 cm³/mol. The SMILES string of the molecule is CC(=O)C[C@@H](N)C(=O)N1CCC([C@@H](C)C(C)(C)C)CC1. The molecule has 1 rings (SSSR count). The molecule has 116 valence electrons. The average Bonchev–Trinajstić information content (AvgIpc) is 2.35. The van der Waals surface area contributed by atoms with Gasteiger partial charge in [0.05, 0.1) is 6.04 Å². The highest BCUT2D eigenvalue weighted by atomic mass is 16.2. The molecule has 1 saturated heterocycles. The number of hydrogen-bond donors (Lipinski definition) is 1. The van der Waals surface area contributed by atoms with Crippen LogP contribution in [0.15, 0.2) is 0 Å². The first-order valence-electron chi connectivity index (χ1n) is 7.66. The van der Waals surface area contributed by atoms with Crippen molar-refractivity contribution >= 4 is 11.7 Å². The van der Waals surface area contributed by atoms with Crippen LogP contribution < -0.4 is 5.73 Å². The molecule has 4 nitrogen and oxygen atoms in total. The summed E-state index contributed by atoms with van der Waals surface area (Å²) in [5.74, 6) is 1.22. The summed E-state index contributed by atoms with van der Waals surface area (Å²) >= 11 is 0. The van der Waals surface area contributed by atoms with Crippen molar-refractivity contribution in [2.24, 2.45) is 23.0 Å². The maximum atomic E-state index is 12.2. The summed E-state index contributed by atoms with van der Waals surface area (Å²) in [7, 11) is 0. The summed E-state index contributed by atoms with van der Waals surface area (Å²) in [6, 6.07) is -0.663. The standard InChI is InChI=1S/C16H30N2O2/c1-11(19)10-14(17)15(20)18-8-6-13(7-9-18)12(2)16(3,4)5/h12-14H,6-10,17H2,1-5H3/t12-,14-/m1/s1. The molecule has 0 aromatic heterocycles. The molecule has 1 amide bonds. The molecule has 0 radical (unpaired) electrons. The Bertz CT molecular complexity index is 352. The minimum absolute atomic E-state index is 0.0258. The van der Waals surface area contributed by atoms with Crippen molar-refractivity contribution in [1.29, 1.82) is 0 Å². The third-order valence-electron chi connectivity index (χ3n) is 4.75. The van der Waals surface area contributed by atoms with Crippen LogP contribution in [0.3, 0.4) is 0 Å². The van der Waals surface area contributed by atoms with Gasteiger partial charge in [-0.15, -0.1) is 0 Å². The number of amides is 1. The number of hydrogen-bond acceptors (Lipinski definition) is 3. The topological polar surface area (TPSA) is 63.4 Å². The van der Waals surface area contributed by atoms with Crippen molar-refractivity contribution in [2.75, 3.05) is 13.1 Å². The lowest BCUT2D eigenvalue weighted by molar-refractivity contribution is -0.136. The van der Waals surface area contributed by atoms with Crippen LogP contribution in [0.25, 0.3) is 0 Å². The molecular formula is C16H30N2O2. The summed E-state index contributed by atoms with van der Waals surface area (Å²) < 4.78 is 0. The number of carbonyl (C=O) groups excluding carboxylic acids is 2. The second-order valence-electron chi connectivity index (χ2n) is 7.33. The summed E-state index contributed by atoms with van der Waals surface area (Å²) in [6.45, 7) is 12.2. The Morgan fingerprint density at radius 2 is 1.75 bits per heavy atom. The van der Waals surface area contributed by atoms with Crippen LogP contribution in [0.1, 0.15) is 53.9 Å². The van der Waals surface area contributed by atoms with Gasteiger partial charge < -0.3 is 10.6 Å². The molecule has 0 saturated carbocycles. The Morgan fingerprint density at radius 1 is 1.25 bits per heavy atom. The molecule has 0 aromatic rings. The molecule has 0 aromatic carbocycles. The molecule has 1 aliphatic heterocycles. The zero-order valence-electron chi connectivity index (χ0n) is 13.6. The molecule has 0 aliphatic carbocycles. The van der Waals surface area contributed by atoms with E-state index in [2.05, 4.69) is 27.7 Å². The minimum atomic E-state index is -0.663. The average molecular weight is 282 g/mol. The smallest absolute Gasteiger partial charge is 0.239 e. The molecule has 1 fully saturated rings. The second-order valence-corrected chi connectivity index (χ2v) is 7.33. The van der Waals surface area contributed by atoms with Crippen LogP contribution >= 0.6 is 0 Å². The van der Waals surface area contributed by atoms with Gasteiger partial charge in [-0.2, -0.15) is 0 Å². The van der Waals surface area contributed by atoms with Gasteiger partial charge in [0.15, 0.2) is 0 Å². The van der Waals surface area contributed by atoms with E-state index in [1.54, 1.807) is 0 Å². The maximum Gasteiger partial charge on any atom is 0.239 e. The van der Waals surface area contributed by atoms with E-state index in [9.17, 15) is 9.59 Å². The fraction of sp³-hybridized carbons (Fsp3) is 0.875. The second kappa shape index (κ2) is 6.70. The highest BCUT2D eigenvalue weighted by Gasteiger charge is 2.33. The van der Waals surface area contributed by atoms with Gasteiger partial charge in [0.25, 0.3) is 0 Å². The van der Waals surface area contributed by atoms with E-state index in [0.29, 0.717) is 17.3 Å². The van der Waals surface area contributed by atoms with Crippen LogP contribution in [-0.4, -0.2) is 35.7 Å². The lowest BCUT2D eigenvalue weighted by Gasteiger charge is -2.40. The Morgan fingerprint density at radius 3 is 2.15 bits per heavy atom. The Hall–Kier alpha value is -0.900. The number of ketones is 1. The molecule has 1 heterocycles. The van der Waals surface area contributed by atoms with Crippen molar-refractivity contribution in [1.82, 2.24) is 4.90 Å². The summed E-state index contributed by atoms with van der Waals surface area (Å²) in [4.78, 5) is 25.0. The van der Waals surface area contributed by atoms with Gasteiger partial charge in [-0.25, -0.2) is 0 Å². The highest BCUT2D eigenvalue weighted by molar-refractivity contribution is 5.88. The van der Waals surface area contributed by atoms with Crippen LogP contribution in [0.2, 0.25) is 0 Å². The summed E-state index contributed by atoms with van der Waals surface area (Å²) in [6.07, 6.45) is 2.23. The van der Waals surface area contributed by atoms with Crippen molar-refractivity contribution < 1.29 is 9.59 Å². The zero-order chi connectivity index (χ0) is 15.5. The monoisotopic (exact) mass is 282 g/mol. The van der Waals surface area contributed by atoms with Crippen molar-refractivity contribution in [3.8, 4) is 0 Å². The van der Waals surface area contributed by atoms with E-state index in [1.807, 2.05) is 4.90 Å². The van der Waals surface area contributed by atoms with E-state index in [0.717, 1.165) is 25.9 Å². The third-order valence-corrected chi connectivity index (χ3v) is 4.75. The zero-order valence-corrected chi connectivity index (χ0v) is 13.6. The van der Waals surface area contributed by atoms with Gasteiger partial charge in [0.2, 0.25) is 5.91 Å². The largest absolute Gasteiger partial charge is 0.341 e. The van der Waals surface area contributed by atoms with Crippen LogP contribution in [-0.2, 0) is 9.59 Å². The summed E-state index contributed by atoms with van der Waals surface area (Å²) in [5, 5.41) is 0. The van der Waals surface area contributed by atoms with Gasteiger partial charge in [-0.1, -0.05) is 27.7 Å². The van der Waals surface area contributed by atoms with Crippen LogP contribution in [0.4, 0.5) is 0 Å². The lowest BCUT2D eigenvalue weighted by Crippen LogP contribution is -2.48. The molecule has 1 aliphatic rings. The van der Waals surface area contributed by atoms with E-state index < -0.39 is 6.04 Å². The Labute approximate surface area is 123 Å². The lowest BCUT2D eigenvalue weighted by atomic mass is 9.71. The quantitative estimate of drug-likeness (QED) is 0.860. The van der Waals surface area contributed by atoms with Gasteiger partial charge in [-0.05, 0) is 37.0 Å². The number of nitrogens with zero attached hydrogens (tertiary/aromatic N) is 1. The number of likely N-dealkylation sites (tertiary alicyclic amines) is 1. The molecule has 2 N–H and O–H groups in total. The van der Waals surface area contributed by atoms with Gasteiger partial charge in [-0.3, -0.25) is 9.59 Å². The number of Topliss-reactive ketones (excluding diaryl/α,β-unsaturated/α-hetero) is 1. The normalized spacial score (nSPS) is 20.6. The maximum absolute atomic E-state index is 12.2. The number of piperidine rings is 1. The van der Waals surface area contributed by atoms with Gasteiger partial charge in [0, 0.05) is 19.5 Å². The Kier molecular flexibility index (Phi) is 5.75. The molecule has 4 heteroatoms. The molecular weight excluding hydrogens is 252 g/mol. The summed E-state index contributed by atoms with van der Waals surface area (Å²) in [5.41, 5.74) is 6.11. The number of carbonyl (C=O) groups is 2. The van der Waals surface area contributed by atoms with E-state index in [4.69, 9.17) is 5.73 Å². The van der Waals surface area contributed by atoms with E-state index >= 15 is 0 Å².